The lowest BCUT2D eigenvalue weighted by Crippen LogP contribution is -2.40. The number of nitrogens with zero attached hydrogens (tertiary/aromatic N) is 2. The number of hydrogen-bond acceptors (Lipinski definition) is 4. The summed E-state index contributed by atoms with van der Waals surface area (Å²) >= 11 is 0. The molecule has 2 aliphatic heterocycles. The van der Waals surface area contributed by atoms with Crippen molar-refractivity contribution in [2.45, 2.75) is 43.9 Å². The van der Waals surface area contributed by atoms with E-state index in [4.69, 9.17) is 16.2 Å². The summed E-state index contributed by atoms with van der Waals surface area (Å²) in [5, 5.41) is 5.80. The number of nitrogens with one attached hydrogen (secondary N) is 1. The number of hydrogen-bond donors (Lipinski definition) is 3. The van der Waals surface area contributed by atoms with Gasteiger partial charge >= 0.3 is 0 Å². The Balaban J connectivity index is 1.33. The first-order valence-corrected chi connectivity index (χ1v) is 9.87. The van der Waals surface area contributed by atoms with Gasteiger partial charge in [0.2, 0.25) is 5.91 Å². The molecule has 7 heteroatoms. The minimum Gasteiger partial charge on any atom is -0.491 e. The average Bonchev–Trinajstić information content (AvgIpc) is 3.23. The Morgan fingerprint density at radius 3 is 2.82 bits per heavy atom. The highest BCUT2D eigenvalue weighted by Crippen LogP contribution is 2.30. The normalized spacial score (nSPS) is 23.8. The van der Waals surface area contributed by atoms with Crippen molar-refractivity contribution < 1.29 is 9.53 Å². The Kier molecular flexibility index (Phi) is 5.34. The van der Waals surface area contributed by atoms with E-state index in [-0.39, 0.29) is 30.1 Å². The lowest BCUT2D eigenvalue weighted by Gasteiger charge is -2.24. The average molecular weight is 381 g/mol. The van der Waals surface area contributed by atoms with Crippen molar-refractivity contribution in [2.75, 3.05) is 13.2 Å². The Hall–Kier alpha value is -2.80. The molecule has 0 saturated carbocycles. The number of fused-ring (bicyclic) bond motifs is 2. The number of amides is 1. The van der Waals surface area contributed by atoms with Crippen LogP contribution in [-0.4, -0.2) is 48.2 Å². The molecule has 0 bridgehead atoms. The van der Waals surface area contributed by atoms with E-state index in [0.717, 1.165) is 36.8 Å². The molecule has 0 aliphatic carbocycles. The highest BCUT2D eigenvalue weighted by atomic mass is 16.5. The highest BCUT2D eigenvalue weighted by molar-refractivity contribution is 5.85. The minimum absolute atomic E-state index is 0.0947. The number of guanidine groups is 1. The van der Waals surface area contributed by atoms with Gasteiger partial charge in [-0.25, -0.2) is 0 Å². The second kappa shape index (κ2) is 8.06. The van der Waals surface area contributed by atoms with E-state index in [1.807, 2.05) is 23.1 Å². The van der Waals surface area contributed by atoms with Crippen molar-refractivity contribution in [2.24, 2.45) is 16.5 Å². The summed E-state index contributed by atoms with van der Waals surface area (Å²) in [6.07, 6.45) is 3.55. The molecule has 1 amide bonds. The first-order chi connectivity index (χ1) is 13.6. The van der Waals surface area contributed by atoms with Gasteiger partial charge in [0.15, 0.2) is 5.96 Å². The van der Waals surface area contributed by atoms with Crippen LogP contribution in [0.2, 0.25) is 0 Å². The van der Waals surface area contributed by atoms with Crippen LogP contribution in [0.1, 0.15) is 25.7 Å². The molecule has 2 aliphatic rings. The van der Waals surface area contributed by atoms with Crippen molar-refractivity contribution in [3.8, 4) is 5.75 Å². The zero-order valence-corrected chi connectivity index (χ0v) is 15.9. The number of benzene rings is 2. The van der Waals surface area contributed by atoms with Gasteiger partial charge in [-0.1, -0.05) is 30.3 Å². The minimum atomic E-state index is -0.150. The maximum absolute atomic E-state index is 12.8. The maximum Gasteiger partial charge on any atom is 0.241 e. The van der Waals surface area contributed by atoms with Crippen LogP contribution in [0.3, 0.4) is 0 Å². The summed E-state index contributed by atoms with van der Waals surface area (Å²) in [5.41, 5.74) is 10.7. The van der Waals surface area contributed by atoms with Crippen LogP contribution in [0.25, 0.3) is 10.8 Å². The van der Waals surface area contributed by atoms with Crippen LogP contribution >= 0.6 is 0 Å². The van der Waals surface area contributed by atoms with Gasteiger partial charge in [-0.05, 0) is 48.6 Å². The lowest BCUT2D eigenvalue weighted by molar-refractivity contribution is -0.131. The molecule has 2 fully saturated rings. The fourth-order valence-corrected chi connectivity index (χ4v) is 4.19. The molecule has 5 N–H and O–H groups in total. The van der Waals surface area contributed by atoms with Crippen LogP contribution in [0.5, 0.6) is 5.75 Å². The van der Waals surface area contributed by atoms with Gasteiger partial charge in [-0.2, -0.15) is 0 Å². The lowest BCUT2D eigenvalue weighted by atomic mass is 10.1. The van der Waals surface area contributed by atoms with E-state index in [9.17, 15) is 4.79 Å². The standard InChI is InChI=1S/C21H27N5O2/c22-21(23)24-11-3-6-18-20(27)26-16(8-10-19(26)25-18)13-28-17-9-7-14-4-1-2-5-15(14)12-17/h1-2,4-5,7,9,12,16,18-19,25H,3,6,8,10-11,13H2,(H4,22,23,24)/t16-,18+,19?/m1/s1. The summed E-state index contributed by atoms with van der Waals surface area (Å²) in [6.45, 7) is 1.07. The smallest absolute Gasteiger partial charge is 0.241 e. The molecule has 0 radical (unpaired) electrons. The largest absolute Gasteiger partial charge is 0.491 e. The second-order valence-electron chi connectivity index (χ2n) is 7.48. The monoisotopic (exact) mass is 381 g/mol. The van der Waals surface area contributed by atoms with Gasteiger partial charge in [0, 0.05) is 6.54 Å². The van der Waals surface area contributed by atoms with E-state index in [1.165, 1.54) is 5.39 Å². The zero-order chi connectivity index (χ0) is 19.5. The fraction of sp³-hybridized carbons (Fsp3) is 0.429. The molecule has 2 heterocycles. The third-order valence-corrected chi connectivity index (χ3v) is 5.56. The topological polar surface area (TPSA) is 106 Å². The van der Waals surface area contributed by atoms with E-state index >= 15 is 0 Å². The van der Waals surface area contributed by atoms with Crippen LogP contribution in [0, 0.1) is 0 Å². The van der Waals surface area contributed by atoms with Crippen LogP contribution < -0.4 is 21.5 Å². The predicted molar refractivity (Wildman–Crippen MR) is 110 cm³/mol. The predicted octanol–water partition coefficient (Wildman–Crippen LogP) is 1.56. The van der Waals surface area contributed by atoms with Crippen LogP contribution in [0.4, 0.5) is 0 Å². The van der Waals surface area contributed by atoms with Gasteiger partial charge in [0.25, 0.3) is 0 Å². The number of nitrogens with two attached hydrogens (primary N) is 2. The molecule has 2 saturated heterocycles. The van der Waals surface area contributed by atoms with Gasteiger partial charge in [0.1, 0.15) is 12.4 Å². The van der Waals surface area contributed by atoms with Gasteiger partial charge in [-0.3, -0.25) is 15.1 Å². The van der Waals surface area contributed by atoms with Crippen LogP contribution in [-0.2, 0) is 4.79 Å². The summed E-state index contributed by atoms with van der Waals surface area (Å²) in [4.78, 5) is 18.8. The molecule has 0 aromatic heterocycles. The Morgan fingerprint density at radius 1 is 1.18 bits per heavy atom. The second-order valence-corrected chi connectivity index (χ2v) is 7.48. The van der Waals surface area contributed by atoms with Crippen molar-refractivity contribution >= 4 is 22.6 Å². The summed E-state index contributed by atoms with van der Waals surface area (Å²) in [6, 6.07) is 14.3. The summed E-state index contributed by atoms with van der Waals surface area (Å²) in [7, 11) is 0. The Bertz CT molecular complexity index is 880. The molecule has 0 spiro atoms. The van der Waals surface area contributed by atoms with Crippen molar-refractivity contribution in [1.29, 1.82) is 0 Å². The zero-order valence-electron chi connectivity index (χ0n) is 15.9. The molecule has 1 unspecified atom stereocenters. The molecule has 2 aromatic rings. The maximum atomic E-state index is 12.8. The third-order valence-electron chi connectivity index (χ3n) is 5.56. The molecule has 28 heavy (non-hydrogen) atoms. The van der Waals surface area contributed by atoms with Crippen molar-refractivity contribution in [3.63, 3.8) is 0 Å². The molecule has 4 rings (SSSR count). The van der Waals surface area contributed by atoms with E-state index in [0.29, 0.717) is 13.2 Å². The molecular formula is C21H27N5O2. The SMILES string of the molecule is NC(N)=NCCC[C@@H]1NC2CC[C@H](COc3ccc4ccccc4c3)N2C1=O. The quantitative estimate of drug-likeness (QED) is 0.383. The number of aliphatic imine (C=N–C) groups is 1. The first-order valence-electron chi connectivity index (χ1n) is 9.87. The first kappa shape index (κ1) is 18.6. The number of ether oxygens (including phenoxy) is 1. The number of rotatable bonds is 7. The Morgan fingerprint density at radius 2 is 2.00 bits per heavy atom. The van der Waals surface area contributed by atoms with E-state index in [1.54, 1.807) is 0 Å². The summed E-state index contributed by atoms with van der Waals surface area (Å²) in [5.74, 6) is 1.10. The van der Waals surface area contributed by atoms with E-state index in [2.05, 4.69) is 34.6 Å². The van der Waals surface area contributed by atoms with Crippen molar-refractivity contribution in [1.82, 2.24) is 10.2 Å². The van der Waals surface area contributed by atoms with Gasteiger partial charge in [0.05, 0.1) is 18.2 Å². The van der Waals surface area contributed by atoms with E-state index < -0.39 is 0 Å². The summed E-state index contributed by atoms with van der Waals surface area (Å²) < 4.78 is 6.05. The number of carbonyl (C=O) groups excluding carboxylic acids is 1. The van der Waals surface area contributed by atoms with Gasteiger partial charge in [-0.15, -0.1) is 0 Å². The Labute approximate surface area is 164 Å². The third kappa shape index (κ3) is 3.89. The fourth-order valence-electron chi connectivity index (χ4n) is 4.19. The van der Waals surface area contributed by atoms with Crippen molar-refractivity contribution in [3.05, 3.63) is 42.5 Å². The number of carbonyl (C=O) groups is 1. The molecule has 2 aromatic carbocycles. The molecular weight excluding hydrogens is 354 g/mol. The molecule has 7 nitrogen and oxygen atoms in total. The van der Waals surface area contributed by atoms with Gasteiger partial charge < -0.3 is 21.1 Å². The molecule has 3 atom stereocenters. The highest BCUT2D eigenvalue weighted by Gasteiger charge is 2.46. The molecule has 148 valence electrons. The van der Waals surface area contributed by atoms with Crippen LogP contribution in [0.15, 0.2) is 47.5 Å².